The molecule has 4 aromatic rings. The Hall–Kier alpha value is -3.43. The minimum Gasteiger partial charge on any atom is -0.376 e. The number of nitrogens with one attached hydrogen (secondary N) is 1. The molecular weight excluding hydrogens is 471 g/mol. The maximum Gasteiger partial charge on any atom is 0.252 e. The van der Waals surface area contributed by atoms with E-state index in [1.165, 1.54) is 17.7 Å². The monoisotopic (exact) mass is 504 g/mol. The minimum absolute atomic E-state index is 0.0975. The molecule has 194 valence electrons. The third-order valence-corrected chi connectivity index (χ3v) is 7.29. The number of nitrogens with zero attached hydrogens (tertiary/aromatic N) is 5. The van der Waals surface area contributed by atoms with Crippen LogP contribution in [0.3, 0.4) is 0 Å². The number of halogens is 1. The molecule has 0 aliphatic carbocycles. The molecule has 0 amide bonds. The Bertz CT molecular complexity index is 1430. The van der Waals surface area contributed by atoms with Gasteiger partial charge in [-0.05, 0) is 95.9 Å². The molecular formula is C28H33FN6O2. The van der Waals surface area contributed by atoms with Gasteiger partial charge in [0.1, 0.15) is 5.82 Å². The standard InChI is InChI=1S/C28H33FN6O2/c1-4-26(27-31-32-33-35(27)17-24-6-5-11-37-24)34(15-20-7-9-23(29)10-8-20)16-22-14-21-12-18(2)19(3)13-25(21)30-28(22)36/h7-10,12-14,24,26H,4-6,11,15-17H2,1-3H3,(H,30,36). The maximum absolute atomic E-state index is 13.6. The highest BCUT2D eigenvalue weighted by molar-refractivity contribution is 5.80. The first kappa shape index (κ1) is 25.2. The van der Waals surface area contributed by atoms with Crippen LogP contribution in [0.5, 0.6) is 0 Å². The lowest BCUT2D eigenvalue weighted by Crippen LogP contribution is -2.33. The fraction of sp³-hybridized carbons (Fsp3) is 0.429. The van der Waals surface area contributed by atoms with Crippen LogP contribution in [0.4, 0.5) is 4.39 Å². The molecule has 1 fully saturated rings. The number of aryl methyl sites for hydroxylation is 2. The van der Waals surface area contributed by atoms with Crippen LogP contribution in [0.1, 0.15) is 60.3 Å². The molecule has 2 atom stereocenters. The van der Waals surface area contributed by atoms with E-state index in [9.17, 15) is 9.18 Å². The number of benzene rings is 2. The Morgan fingerprint density at radius 3 is 2.68 bits per heavy atom. The summed E-state index contributed by atoms with van der Waals surface area (Å²) in [6.45, 7) is 8.46. The van der Waals surface area contributed by atoms with Crippen molar-refractivity contribution in [3.63, 3.8) is 0 Å². The number of H-pyrrole nitrogens is 1. The van der Waals surface area contributed by atoms with E-state index in [1.807, 2.05) is 23.7 Å². The molecule has 0 radical (unpaired) electrons. The smallest absolute Gasteiger partial charge is 0.252 e. The Balaban J connectivity index is 1.51. The van der Waals surface area contributed by atoms with E-state index in [1.54, 1.807) is 12.1 Å². The van der Waals surface area contributed by atoms with Gasteiger partial charge in [0.15, 0.2) is 5.82 Å². The van der Waals surface area contributed by atoms with E-state index in [4.69, 9.17) is 4.74 Å². The molecule has 3 heterocycles. The van der Waals surface area contributed by atoms with Crippen LogP contribution in [0, 0.1) is 19.7 Å². The average Bonchev–Trinajstić information content (AvgIpc) is 3.56. The van der Waals surface area contributed by atoms with Crippen molar-refractivity contribution in [1.82, 2.24) is 30.1 Å². The van der Waals surface area contributed by atoms with Crippen LogP contribution in [-0.2, 0) is 24.4 Å². The van der Waals surface area contributed by atoms with E-state index in [-0.39, 0.29) is 23.5 Å². The number of hydrogen-bond donors (Lipinski definition) is 1. The van der Waals surface area contributed by atoms with Crippen molar-refractivity contribution in [3.05, 3.63) is 86.7 Å². The summed E-state index contributed by atoms with van der Waals surface area (Å²) in [6.07, 6.45) is 2.86. The number of aromatic amines is 1. The summed E-state index contributed by atoms with van der Waals surface area (Å²) in [6, 6.07) is 12.4. The molecule has 2 aromatic carbocycles. The topological polar surface area (TPSA) is 88.9 Å². The van der Waals surface area contributed by atoms with Gasteiger partial charge in [0, 0.05) is 30.8 Å². The molecule has 1 aliphatic rings. The Morgan fingerprint density at radius 1 is 1.16 bits per heavy atom. The van der Waals surface area contributed by atoms with Crippen molar-refractivity contribution in [2.45, 2.75) is 71.8 Å². The number of fused-ring (bicyclic) bond motifs is 1. The van der Waals surface area contributed by atoms with E-state index in [0.717, 1.165) is 53.7 Å². The highest BCUT2D eigenvalue weighted by atomic mass is 19.1. The van der Waals surface area contributed by atoms with Gasteiger partial charge in [0.2, 0.25) is 0 Å². The number of hydrogen-bond acceptors (Lipinski definition) is 6. The molecule has 8 nitrogen and oxygen atoms in total. The van der Waals surface area contributed by atoms with Gasteiger partial charge in [0.05, 0.1) is 18.7 Å². The van der Waals surface area contributed by atoms with Gasteiger partial charge in [0.25, 0.3) is 5.56 Å². The van der Waals surface area contributed by atoms with Crippen LogP contribution >= 0.6 is 0 Å². The minimum atomic E-state index is -0.278. The maximum atomic E-state index is 13.6. The molecule has 9 heteroatoms. The van der Waals surface area contributed by atoms with Gasteiger partial charge in [-0.1, -0.05) is 19.1 Å². The highest BCUT2D eigenvalue weighted by Crippen LogP contribution is 2.28. The summed E-state index contributed by atoms with van der Waals surface area (Å²) in [4.78, 5) is 18.4. The number of tetrazole rings is 1. The molecule has 2 unspecified atom stereocenters. The van der Waals surface area contributed by atoms with E-state index in [2.05, 4.69) is 45.3 Å². The molecule has 0 bridgehead atoms. The fourth-order valence-corrected chi connectivity index (χ4v) is 5.12. The van der Waals surface area contributed by atoms with Crippen LogP contribution in [0.15, 0.2) is 47.3 Å². The summed E-state index contributed by atoms with van der Waals surface area (Å²) in [7, 11) is 0. The Labute approximate surface area is 215 Å². The molecule has 1 saturated heterocycles. The molecule has 1 N–H and O–H groups in total. The zero-order chi connectivity index (χ0) is 25.9. The first-order valence-corrected chi connectivity index (χ1v) is 12.9. The number of rotatable bonds is 9. The fourth-order valence-electron chi connectivity index (χ4n) is 5.12. The number of ether oxygens (including phenoxy) is 1. The van der Waals surface area contributed by atoms with Gasteiger partial charge in [-0.25, -0.2) is 9.07 Å². The predicted octanol–water partition coefficient (Wildman–Crippen LogP) is 4.60. The Morgan fingerprint density at radius 2 is 1.95 bits per heavy atom. The summed E-state index contributed by atoms with van der Waals surface area (Å²) in [5, 5.41) is 13.6. The largest absolute Gasteiger partial charge is 0.376 e. The van der Waals surface area contributed by atoms with Gasteiger partial charge in [-0.2, -0.15) is 0 Å². The molecule has 0 saturated carbocycles. The van der Waals surface area contributed by atoms with E-state index >= 15 is 0 Å². The van der Waals surface area contributed by atoms with Crippen molar-refractivity contribution in [1.29, 1.82) is 0 Å². The van der Waals surface area contributed by atoms with E-state index in [0.29, 0.717) is 25.2 Å². The summed E-state index contributed by atoms with van der Waals surface area (Å²) in [5.74, 6) is 0.461. The second-order valence-electron chi connectivity index (χ2n) is 9.96. The van der Waals surface area contributed by atoms with Gasteiger partial charge >= 0.3 is 0 Å². The summed E-state index contributed by atoms with van der Waals surface area (Å²) >= 11 is 0. The second kappa shape index (κ2) is 10.9. The number of aromatic nitrogens is 5. The van der Waals surface area contributed by atoms with Crippen molar-refractivity contribution >= 4 is 10.9 Å². The van der Waals surface area contributed by atoms with Crippen molar-refractivity contribution in [2.75, 3.05) is 6.61 Å². The zero-order valence-electron chi connectivity index (χ0n) is 21.6. The SMILES string of the molecule is CCC(c1nnnn1CC1CCCO1)N(Cc1ccc(F)cc1)Cc1cc2cc(C)c(C)cc2[nH]c1=O. The molecule has 1 aliphatic heterocycles. The Kier molecular flexibility index (Phi) is 7.43. The quantitative estimate of drug-likeness (QED) is 0.358. The van der Waals surface area contributed by atoms with Crippen LogP contribution in [0.2, 0.25) is 0 Å². The lowest BCUT2D eigenvalue weighted by molar-refractivity contribution is 0.0888. The van der Waals surface area contributed by atoms with Gasteiger partial charge in [-0.15, -0.1) is 5.10 Å². The normalized spacial score (nSPS) is 16.6. The van der Waals surface area contributed by atoms with E-state index < -0.39 is 0 Å². The van der Waals surface area contributed by atoms with Crippen LogP contribution in [-0.4, -0.2) is 42.8 Å². The van der Waals surface area contributed by atoms with Crippen molar-refractivity contribution in [3.8, 4) is 0 Å². The molecule has 5 rings (SSSR count). The first-order valence-electron chi connectivity index (χ1n) is 12.9. The zero-order valence-corrected chi connectivity index (χ0v) is 21.6. The summed E-state index contributed by atoms with van der Waals surface area (Å²) < 4.78 is 21.3. The molecule has 2 aromatic heterocycles. The van der Waals surface area contributed by atoms with Gasteiger partial charge < -0.3 is 9.72 Å². The third kappa shape index (κ3) is 5.62. The molecule has 0 spiro atoms. The molecule has 37 heavy (non-hydrogen) atoms. The highest BCUT2D eigenvalue weighted by Gasteiger charge is 2.28. The third-order valence-electron chi connectivity index (χ3n) is 7.29. The van der Waals surface area contributed by atoms with Crippen molar-refractivity contribution < 1.29 is 9.13 Å². The second-order valence-corrected chi connectivity index (χ2v) is 9.96. The lowest BCUT2D eigenvalue weighted by atomic mass is 10.0. The lowest BCUT2D eigenvalue weighted by Gasteiger charge is -2.30. The van der Waals surface area contributed by atoms with Crippen LogP contribution < -0.4 is 5.56 Å². The van der Waals surface area contributed by atoms with Gasteiger partial charge in [-0.3, -0.25) is 9.69 Å². The predicted molar refractivity (Wildman–Crippen MR) is 140 cm³/mol. The first-order chi connectivity index (χ1) is 17.9. The van der Waals surface area contributed by atoms with Crippen LogP contribution in [0.25, 0.3) is 10.9 Å². The number of pyridine rings is 1. The summed E-state index contributed by atoms with van der Waals surface area (Å²) in [5.41, 5.74) is 4.63. The van der Waals surface area contributed by atoms with Crippen molar-refractivity contribution in [2.24, 2.45) is 0 Å². The average molecular weight is 505 g/mol.